The van der Waals surface area contributed by atoms with E-state index in [0.717, 1.165) is 24.8 Å². The lowest BCUT2D eigenvalue weighted by Gasteiger charge is -2.22. The van der Waals surface area contributed by atoms with E-state index in [1.165, 1.54) is 10.6 Å². The Hall–Kier alpha value is -2.69. The molecule has 2 heterocycles. The molecule has 0 saturated carbocycles. The van der Waals surface area contributed by atoms with Gasteiger partial charge in [0.1, 0.15) is 17.1 Å². The molecule has 136 valence electrons. The van der Waals surface area contributed by atoms with Crippen molar-refractivity contribution in [1.82, 2.24) is 9.55 Å². The van der Waals surface area contributed by atoms with Crippen molar-refractivity contribution >= 4 is 18.1 Å². The molecule has 2 aromatic heterocycles. The fourth-order valence-electron chi connectivity index (χ4n) is 3.63. The van der Waals surface area contributed by atoms with Gasteiger partial charge in [0.2, 0.25) is 5.78 Å². The van der Waals surface area contributed by atoms with Crippen molar-refractivity contribution in [2.24, 2.45) is 0 Å². The fraction of sp³-hybridized carbons (Fsp3) is 0.381. The monoisotopic (exact) mass is 352 g/mol. The molecule has 0 atom stereocenters. The summed E-state index contributed by atoms with van der Waals surface area (Å²) in [6, 6.07) is 3.31. The van der Waals surface area contributed by atoms with Gasteiger partial charge in [-0.3, -0.25) is 9.59 Å². The number of carbonyl (C=O) groups is 1. The molecule has 0 unspecified atom stereocenters. The summed E-state index contributed by atoms with van der Waals surface area (Å²) in [6.07, 6.45) is 3.27. The van der Waals surface area contributed by atoms with Gasteiger partial charge in [-0.05, 0) is 37.0 Å². The molecule has 0 aromatic carbocycles. The molecule has 1 aliphatic carbocycles. The average molecular weight is 352 g/mol. The van der Waals surface area contributed by atoms with Crippen LogP contribution >= 0.6 is 0 Å². The topological polar surface area (TPSA) is 72.2 Å². The van der Waals surface area contributed by atoms with Crippen molar-refractivity contribution in [2.45, 2.75) is 53.0 Å². The molecule has 1 aliphatic rings. The number of aromatic nitrogens is 2. The van der Waals surface area contributed by atoms with Crippen LogP contribution in [-0.4, -0.2) is 20.4 Å². The number of rotatable bonds is 5. The molecular formula is C21H24N2O3. The minimum atomic E-state index is -0.312. The number of aryl methyl sites for hydroxylation is 2. The van der Waals surface area contributed by atoms with Gasteiger partial charge in [0.15, 0.2) is 0 Å². The summed E-state index contributed by atoms with van der Waals surface area (Å²) in [5.74, 6) is -0.277. The number of aliphatic hydroxyl groups excluding tert-OH is 1. The zero-order chi connectivity index (χ0) is 19.0. The number of ketones is 1. The molecule has 1 N–H and O–H groups in total. The SMILES string of the molecule is C=c1cc(CCC)c2c(n1)C(=O)c1c(c(C)cc(=O)n1CCCC)C=2O. The van der Waals surface area contributed by atoms with E-state index in [0.29, 0.717) is 34.7 Å². The largest absolute Gasteiger partial charge is 0.507 e. The molecule has 5 nitrogen and oxygen atoms in total. The maximum atomic E-state index is 13.3. The Labute approximate surface area is 152 Å². The smallest absolute Gasteiger partial charge is 0.251 e. The first-order valence-electron chi connectivity index (χ1n) is 9.12. The highest BCUT2D eigenvalue weighted by Crippen LogP contribution is 2.24. The Bertz CT molecular complexity index is 1060. The van der Waals surface area contributed by atoms with Crippen molar-refractivity contribution in [3.05, 3.63) is 61.1 Å². The van der Waals surface area contributed by atoms with Gasteiger partial charge in [-0.15, -0.1) is 0 Å². The van der Waals surface area contributed by atoms with E-state index in [4.69, 9.17) is 0 Å². The first kappa shape index (κ1) is 18.1. The Morgan fingerprint density at radius 1 is 1.19 bits per heavy atom. The molecule has 0 bridgehead atoms. The molecule has 26 heavy (non-hydrogen) atoms. The van der Waals surface area contributed by atoms with E-state index < -0.39 is 0 Å². The summed E-state index contributed by atoms with van der Waals surface area (Å²) in [6.45, 7) is 10.1. The van der Waals surface area contributed by atoms with Gasteiger partial charge in [-0.25, -0.2) is 4.98 Å². The maximum Gasteiger partial charge on any atom is 0.251 e. The Balaban J connectivity index is 2.45. The van der Waals surface area contributed by atoms with E-state index in [9.17, 15) is 14.7 Å². The summed E-state index contributed by atoms with van der Waals surface area (Å²) >= 11 is 0. The van der Waals surface area contributed by atoms with Crippen molar-refractivity contribution in [3.63, 3.8) is 0 Å². The van der Waals surface area contributed by atoms with Crippen LogP contribution in [0.1, 0.15) is 66.0 Å². The molecule has 3 rings (SSSR count). The minimum absolute atomic E-state index is 0.0355. The molecular weight excluding hydrogens is 328 g/mol. The van der Waals surface area contributed by atoms with E-state index in [-0.39, 0.29) is 28.5 Å². The lowest BCUT2D eigenvalue weighted by atomic mass is 9.90. The standard InChI is InChI=1S/C21H24N2O3/c1-5-7-9-23-15(24)10-12(3)16-19(23)21(26)18-17(20(16)25)14(8-6-2)11-13(4)22-18/h10-11,25H,4-9H2,1-3H3. The third-order valence-corrected chi connectivity index (χ3v) is 4.82. The van der Waals surface area contributed by atoms with E-state index in [1.54, 1.807) is 6.92 Å². The number of pyridine rings is 2. The predicted molar refractivity (Wildman–Crippen MR) is 102 cm³/mol. The summed E-state index contributed by atoms with van der Waals surface area (Å²) in [5.41, 5.74) is 2.14. The average Bonchev–Trinajstić information content (AvgIpc) is 2.58. The molecule has 0 amide bonds. The van der Waals surface area contributed by atoms with Crippen LogP contribution in [-0.2, 0) is 13.0 Å². The van der Waals surface area contributed by atoms with Crippen LogP contribution in [0.2, 0.25) is 0 Å². The lowest BCUT2D eigenvalue weighted by Crippen LogP contribution is -2.38. The predicted octanol–water partition coefficient (Wildman–Crippen LogP) is 1.97. The second-order valence-corrected chi connectivity index (χ2v) is 6.82. The lowest BCUT2D eigenvalue weighted by molar-refractivity contribution is 0.102. The van der Waals surface area contributed by atoms with E-state index in [2.05, 4.69) is 11.6 Å². The number of carbonyl (C=O) groups excluding carboxylic acids is 1. The highest BCUT2D eigenvalue weighted by Gasteiger charge is 2.31. The highest BCUT2D eigenvalue weighted by atomic mass is 16.3. The number of fused-ring (bicyclic) bond motifs is 2. The highest BCUT2D eigenvalue weighted by molar-refractivity contribution is 6.12. The number of hydrogen-bond acceptors (Lipinski definition) is 4. The van der Waals surface area contributed by atoms with Gasteiger partial charge in [0.25, 0.3) is 5.56 Å². The zero-order valence-electron chi connectivity index (χ0n) is 15.6. The third kappa shape index (κ3) is 2.77. The van der Waals surface area contributed by atoms with Crippen molar-refractivity contribution in [1.29, 1.82) is 0 Å². The van der Waals surface area contributed by atoms with Gasteiger partial charge in [-0.1, -0.05) is 33.3 Å². The molecule has 0 radical (unpaired) electrons. The summed E-state index contributed by atoms with van der Waals surface area (Å²) in [5, 5.41) is 12.0. The van der Waals surface area contributed by atoms with Crippen LogP contribution in [0.25, 0.3) is 12.3 Å². The first-order chi connectivity index (χ1) is 12.4. The molecule has 0 spiro atoms. The van der Waals surface area contributed by atoms with Crippen molar-refractivity contribution in [3.8, 4) is 0 Å². The zero-order valence-corrected chi connectivity index (χ0v) is 15.6. The second-order valence-electron chi connectivity index (χ2n) is 6.82. The summed E-state index contributed by atoms with van der Waals surface area (Å²) in [7, 11) is 0. The van der Waals surface area contributed by atoms with Crippen LogP contribution in [0.15, 0.2) is 16.9 Å². The number of unbranched alkanes of at least 4 members (excludes halogenated alkanes) is 1. The Morgan fingerprint density at radius 2 is 1.92 bits per heavy atom. The number of hydrogen-bond donors (Lipinski definition) is 1. The third-order valence-electron chi connectivity index (χ3n) is 4.82. The number of nitrogens with zero attached hydrogens (tertiary/aromatic N) is 2. The molecule has 0 saturated heterocycles. The van der Waals surface area contributed by atoms with Gasteiger partial charge >= 0.3 is 0 Å². The quantitative estimate of drug-likeness (QED) is 0.893. The molecule has 5 heteroatoms. The van der Waals surface area contributed by atoms with Crippen LogP contribution in [0.3, 0.4) is 0 Å². The van der Waals surface area contributed by atoms with Crippen LogP contribution in [0, 0.1) is 6.92 Å². The van der Waals surface area contributed by atoms with Gasteiger partial charge in [0, 0.05) is 18.2 Å². The Morgan fingerprint density at radius 3 is 2.58 bits per heavy atom. The summed E-state index contributed by atoms with van der Waals surface area (Å²) in [4.78, 5) is 30.1. The number of aliphatic hydroxyl groups is 1. The van der Waals surface area contributed by atoms with Crippen LogP contribution in [0.4, 0.5) is 0 Å². The maximum absolute atomic E-state index is 13.3. The Kier molecular flexibility index (Phi) is 4.81. The van der Waals surface area contributed by atoms with Crippen LogP contribution < -0.4 is 16.1 Å². The van der Waals surface area contributed by atoms with Crippen molar-refractivity contribution in [2.75, 3.05) is 0 Å². The molecule has 0 aliphatic heterocycles. The first-order valence-corrected chi connectivity index (χ1v) is 9.12. The molecule has 0 fully saturated rings. The second kappa shape index (κ2) is 6.90. The fourth-order valence-corrected chi connectivity index (χ4v) is 3.63. The minimum Gasteiger partial charge on any atom is -0.507 e. The summed E-state index contributed by atoms with van der Waals surface area (Å²) < 4.78 is 1.48. The molecule has 2 aromatic rings. The van der Waals surface area contributed by atoms with E-state index in [1.807, 2.05) is 19.9 Å². The van der Waals surface area contributed by atoms with Gasteiger partial charge < -0.3 is 9.67 Å². The normalized spacial score (nSPS) is 12.9. The van der Waals surface area contributed by atoms with Crippen LogP contribution in [0.5, 0.6) is 0 Å². The van der Waals surface area contributed by atoms with Crippen molar-refractivity contribution < 1.29 is 9.90 Å². The van der Waals surface area contributed by atoms with Gasteiger partial charge in [0.05, 0.1) is 10.6 Å². The van der Waals surface area contributed by atoms with Gasteiger partial charge in [-0.2, -0.15) is 0 Å². The van der Waals surface area contributed by atoms with E-state index >= 15 is 0 Å².